The van der Waals surface area contributed by atoms with Crippen molar-refractivity contribution in [2.45, 2.75) is 24.9 Å². The van der Waals surface area contributed by atoms with Crippen LogP contribution in [0, 0.1) is 0 Å². The molecule has 1 aliphatic heterocycles. The minimum atomic E-state index is -4.85. The Morgan fingerprint density at radius 3 is 2.27 bits per heavy atom. The van der Waals surface area contributed by atoms with E-state index in [1.807, 2.05) is 4.90 Å². The van der Waals surface area contributed by atoms with Crippen LogP contribution in [0.25, 0.3) is 11.1 Å². The second kappa shape index (κ2) is 10.4. The molecule has 1 aliphatic rings. The van der Waals surface area contributed by atoms with E-state index >= 15 is 0 Å². The molecule has 0 saturated heterocycles. The number of nitrogens with zero attached hydrogens (tertiary/aromatic N) is 1. The van der Waals surface area contributed by atoms with Crippen LogP contribution in [0.1, 0.15) is 11.6 Å². The van der Waals surface area contributed by atoms with Crippen LogP contribution < -0.4 is 24.8 Å². The van der Waals surface area contributed by atoms with E-state index in [4.69, 9.17) is 10.5 Å². The van der Waals surface area contributed by atoms with Crippen molar-refractivity contribution in [1.29, 1.82) is 0 Å². The third kappa shape index (κ3) is 6.01. The van der Waals surface area contributed by atoms with Crippen molar-refractivity contribution in [2.24, 2.45) is 5.73 Å². The van der Waals surface area contributed by atoms with E-state index in [0.29, 0.717) is 34.7 Å². The smallest absolute Gasteiger partial charge is 0.488 e. The molecule has 12 heteroatoms. The van der Waals surface area contributed by atoms with E-state index in [-0.39, 0.29) is 13.2 Å². The molecular formula is C25H21F7N2O3. The molecular weight excluding hydrogens is 509 g/mol. The Hall–Kier alpha value is -3.67. The van der Waals surface area contributed by atoms with Gasteiger partial charge in [-0.2, -0.15) is 17.6 Å². The molecule has 3 aromatic rings. The predicted molar refractivity (Wildman–Crippen MR) is 121 cm³/mol. The lowest BCUT2D eigenvalue weighted by molar-refractivity contribution is -0.274. The van der Waals surface area contributed by atoms with E-state index in [1.54, 1.807) is 30.3 Å². The van der Waals surface area contributed by atoms with Crippen LogP contribution in [0.15, 0.2) is 66.7 Å². The zero-order chi connectivity index (χ0) is 26.8. The van der Waals surface area contributed by atoms with Crippen LogP contribution >= 0.6 is 0 Å². The fourth-order valence-corrected chi connectivity index (χ4v) is 4.09. The number of benzene rings is 3. The fraction of sp³-hybridized carbons (Fsp3) is 0.280. The molecule has 0 aliphatic carbocycles. The highest BCUT2D eigenvalue weighted by molar-refractivity contribution is 5.80. The van der Waals surface area contributed by atoms with Gasteiger partial charge >= 0.3 is 18.9 Å². The van der Waals surface area contributed by atoms with Crippen molar-refractivity contribution in [2.75, 3.05) is 24.6 Å². The zero-order valence-electron chi connectivity index (χ0n) is 19.0. The summed E-state index contributed by atoms with van der Waals surface area (Å²) in [4.78, 5) is 1.85. The predicted octanol–water partition coefficient (Wildman–Crippen LogP) is 6.39. The molecule has 0 fully saturated rings. The SMILES string of the molecule is NCCN1c2cccc(-c3cccc(OC(F)(F)F)c3)c2OCC1c1cccc(OC(F)(F)C(F)F)c1. The summed E-state index contributed by atoms with van der Waals surface area (Å²) in [6.07, 6.45) is -13.5. The molecule has 0 radical (unpaired) electrons. The molecule has 3 aromatic carbocycles. The van der Waals surface area contributed by atoms with Crippen LogP contribution in [-0.4, -0.2) is 38.6 Å². The molecule has 1 atom stereocenters. The summed E-state index contributed by atoms with van der Waals surface area (Å²) in [5.74, 6) is -0.461. The normalized spacial score (nSPS) is 15.8. The first kappa shape index (κ1) is 26.4. The van der Waals surface area contributed by atoms with Gasteiger partial charge in [0.1, 0.15) is 18.1 Å². The third-order valence-electron chi connectivity index (χ3n) is 5.56. The van der Waals surface area contributed by atoms with Gasteiger partial charge in [0, 0.05) is 18.7 Å². The van der Waals surface area contributed by atoms with Crippen LogP contribution in [0.3, 0.4) is 0 Å². The van der Waals surface area contributed by atoms with Crippen molar-refractivity contribution in [3.05, 3.63) is 72.3 Å². The average Bonchev–Trinajstić information content (AvgIpc) is 2.83. The molecule has 4 rings (SSSR count). The van der Waals surface area contributed by atoms with E-state index in [9.17, 15) is 30.7 Å². The number of rotatable bonds is 8. The molecule has 0 amide bonds. The molecule has 0 saturated carbocycles. The minimum Gasteiger partial charge on any atom is -0.488 e. The minimum absolute atomic E-state index is 0.0114. The number of para-hydroxylation sites is 1. The molecule has 5 nitrogen and oxygen atoms in total. The van der Waals surface area contributed by atoms with Crippen LogP contribution in [0.4, 0.5) is 36.4 Å². The Labute approximate surface area is 207 Å². The molecule has 0 spiro atoms. The number of hydrogen-bond acceptors (Lipinski definition) is 5. The van der Waals surface area contributed by atoms with Crippen LogP contribution in [0.2, 0.25) is 0 Å². The molecule has 0 aromatic heterocycles. The second-order valence-corrected chi connectivity index (χ2v) is 8.08. The Morgan fingerprint density at radius 2 is 1.59 bits per heavy atom. The van der Waals surface area contributed by atoms with E-state index in [2.05, 4.69) is 9.47 Å². The monoisotopic (exact) mass is 530 g/mol. The van der Waals surface area contributed by atoms with Crippen molar-refractivity contribution in [3.63, 3.8) is 0 Å². The summed E-state index contributed by atoms with van der Waals surface area (Å²) < 4.78 is 104. The van der Waals surface area contributed by atoms with Gasteiger partial charge in [-0.15, -0.1) is 13.2 Å². The second-order valence-electron chi connectivity index (χ2n) is 8.08. The standard InChI is InChI=1S/C25H21F7N2O3/c26-23(27)24(28,29)36-17-6-2-5-16(13-17)21-14-35-22-19(8-3-9-20(22)34(21)11-10-33)15-4-1-7-18(12-15)37-25(30,31)32/h1-9,12-13,21,23H,10-11,14,33H2. The van der Waals surface area contributed by atoms with E-state index in [1.165, 1.54) is 30.3 Å². The number of anilines is 1. The molecule has 37 heavy (non-hydrogen) atoms. The summed E-state index contributed by atoms with van der Waals surface area (Å²) in [6.45, 7) is 0.520. The molecule has 0 bridgehead atoms. The first-order chi connectivity index (χ1) is 17.5. The number of alkyl halides is 7. The quantitative estimate of drug-likeness (QED) is 0.342. The van der Waals surface area contributed by atoms with Gasteiger partial charge in [0.15, 0.2) is 5.75 Å². The lowest BCUT2D eigenvalue weighted by Crippen LogP contribution is -2.40. The maximum Gasteiger partial charge on any atom is 0.573 e. The Kier molecular flexibility index (Phi) is 7.39. The maximum absolute atomic E-state index is 13.4. The Balaban J connectivity index is 1.68. The number of fused-ring (bicyclic) bond motifs is 1. The summed E-state index contributed by atoms with van der Waals surface area (Å²) >= 11 is 0. The molecule has 1 heterocycles. The maximum atomic E-state index is 13.4. The van der Waals surface area contributed by atoms with Gasteiger partial charge in [0.2, 0.25) is 0 Å². The van der Waals surface area contributed by atoms with Crippen molar-refractivity contribution in [1.82, 2.24) is 0 Å². The number of nitrogens with two attached hydrogens (primary N) is 1. The van der Waals surface area contributed by atoms with Gasteiger partial charge in [-0.05, 0) is 41.5 Å². The molecule has 2 N–H and O–H groups in total. The Morgan fingerprint density at radius 1 is 0.919 bits per heavy atom. The third-order valence-corrected chi connectivity index (χ3v) is 5.56. The first-order valence-corrected chi connectivity index (χ1v) is 11.0. The summed E-state index contributed by atoms with van der Waals surface area (Å²) in [5, 5.41) is 0. The highest BCUT2D eigenvalue weighted by atomic mass is 19.4. The van der Waals surface area contributed by atoms with Gasteiger partial charge in [0.25, 0.3) is 0 Å². The van der Waals surface area contributed by atoms with Gasteiger partial charge in [-0.3, -0.25) is 0 Å². The van der Waals surface area contributed by atoms with Gasteiger partial charge < -0.3 is 24.8 Å². The highest BCUT2D eigenvalue weighted by Gasteiger charge is 2.44. The zero-order valence-corrected chi connectivity index (χ0v) is 19.0. The molecule has 198 valence electrons. The highest BCUT2D eigenvalue weighted by Crippen LogP contribution is 2.46. The van der Waals surface area contributed by atoms with Crippen LogP contribution in [-0.2, 0) is 0 Å². The topological polar surface area (TPSA) is 57.0 Å². The van der Waals surface area contributed by atoms with Crippen molar-refractivity contribution >= 4 is 5.69 Å². The first-order valence-electron chi connectivity index (χ1n) is 11.0. The lowest BCUT2D eigenvalue weighted by Gasteiger charge is -2.39. The largest absolute Gasteiger partial charge is 0.573 e. The number of ether oxygens (including phenoxy) is 3. The van der Waals surface area contributed by atoms with Gasteiger partial charge in [0.05, 0.1) is 11.7 Å². The van der Waals surface area contributed by atoms with Crippen molar-refractivity contribution < 1.29 is 44.9 Å². The fourth-order valence-electron chi connectivity index (χ4n) is 4.09. The summed E-state index contributed by atoms with van der Waals surface area (Å²) in [7, 11) is 0. The van der Waals surface area contributed by atoms with E-state index in [0.717, 1.165) is 6.07 Å². The summed E-state index contributed by atoms with van der Waals surface area (Å²) in [5.41, 5.74) is 7.74. The average molecular weight is 530 g/mol. The van der Waals surface area contributed by atoms with Crippen LogP contribution in [0.5, 0.6) is 17.2 Å². The van der Waals surface area contributed by atoms with E-state index < -0.39 is 36.4 Å². The number of hydrogen-bond donors (Lipinski definition) is 1. The van der Waals surface area contributed by atoms with Crippen molar-refractivity contribution in [3.8, 4) is 28.4 Å². The Bertz CT molecular complexity index is 1240. The number of halogens is 7. The lowest BCUT2D eigenvalue weighted by atomic mass is 9.98. The molecule has 1 unspecified atom stereocenters. The van der Waals surface area contributed by atoms with Gasteiger partial charge in [-0.1, -0.05) is 36.4 Å². The summed E-state index contributed by atoms with van der Waals surface area (Å²) in [6, 6.07) is 15.3. The van der Waals surface area contributed by atoms with Gasteiger partial charge in [-0.25, -0.2) is 0 Å².